The van der Waals surface area contributed by atoms with E-state index in [1.54, 1.807) is 0 Å². The van der Waals surface area contributed by atoms with Crippen LogP contribution in [0.4, 0.5) is 0 Å². The van der Waals surface area contributed by atoms with Crippen molar-refractivity contribution in [2.75, 3.05) is 13.2 Å². The minimum atomic E-state index is -1.08. The molecule has 0 amide bonds. The summed E-state index contributed by atoms with van der Waals surface area (Å²) >= 11 is 0. The second kappa shape index (κ2) is 9.70. The van der Waals surface area contributed by atoms with Crippen molar-refractivity contribution in [2.45, 2.75) is 101 Å². The van der Waals surface area contributed by atoms with Crippen LogP contribution in [0.25, 0.3) is 0 Å². The van der Waals surface area contributed by atoms with Crippen molar-refractivity contribution < 1.29 is 9.47 Å². The number of unbranched alkanes of at least 4 members (excludes halogenated alkanes) is 2. The number of rotatable bonds is 8. The highest BCUT2D eigenvalue weighted by Gasteiger charge is 2.48. The van der Waals surface area contributed by atoms with Gasteiger partial charge in [0, 0.05) is 13.2 Å². The molecule has 0 saturated carbocycles. The summed E-state index contributed by atoms with van der Waals surface area (Å²) in [6.45, 7) is 11.7. The Bertz CT molecular complexity index is 383. The Morgan fingerprint density at radius 2 is 1.54 bits per heavy atom. The Hall–Kier alpha value is 0.0938. The van der Waals surface area contributed by atoms with Crippen LogP contribution in [0.15, 0.2) is 11.8 Å². The van der Waals surface area contributed by atoms with E-state index in [2.05, 4.69) is 38.3 Å². The van der Waals surface area contributed by atoms with Gasteiger partial charge in [0.1, 0.15) is 0 Å². The summed E-state index contributed by atoms with van der Waals surface area (Å²) in [5, 5.41) is 0.337. The molecular weight excluding hydrogens is 328 g/mol. The molecule has 0 N–H and O–H groups in total. The van der Waals surface area contributed by atoms with E-state index in [-0.39, 0.29) is 10.4 Å². The van der Waals surface area contributed by atoms with E-state index in [1.807, 2.05) is 0 Å². The van der Waals surface area contributed by atoms with Crippen LogP contribution in [0.2, 0.25) is 19.6 Å². The predicted molar refractivity (Wildman–Crippen MR) is 110 cm³/mol. The van der Waals surface area contributed by atoms with Gasteiger partial charge >= 0.3 is 0 Å². The first kappa shape index (κ1) is 20.4. The molecule has 0 aromatic carbocycles. The molecule has 2 rings (SSSR count). The highest BCUT2D eigenvalue weighted by molar-refractivity contribution is 6.66. The topological polar surface area (TPSA) is 18.5 Å². The molecule has 2 saturated heterocycles. The number of hydrogen-bond acceptors (Lipinski definition) is 2. The van der Waals surface area contributed by atoms with Crippen LogP contribution in [0.5, 0.6) is 0 Å². The van der Waals surface area contributed by atoms with Gasteiger partial charge in [-0.15, -0.1) is 0 Å². The molecule has 0 aromatic rings. The van der Waals surface area contributed by atoms with Crippen molar-refractivity contribution in [1.82, 2.24) is 0 Å². The molecule has 2 aliphatic heterocycles. The number of allylic oxidation sites excluding steroid dienone is 1. The van der Waals surface area contributed by atoms with E-state index < -0.39 is 17.6 Å². The normalized spacial score (nSPS) is 33.2. The van der Waals surface area contributed by atoms with Crippen LogP contribution >= 0.6 is 0 Å². The molecule has 0 radical (unpaired) electrons. The summed E-state index contributed by atoms with van der Waals surface area (Å²) in [7, 11) is -1.96. The van der Waals surface area contributed by atoms with Crippen LogP contribution in [-0.4, -0.2) is 41.3 Å². The summed E-state index contributed by atoms with van der Waals surface area (Å²) in [6, 6.07) is 0. The molecule has 2 aliphatic rings. The SMILES string of the molecule is CCCCC=C[SiH](C)C1(CC2([SiH](C)C)CCCCO2)CCCCO1. The third-order valence-corrected chi connectivity index (χ3v) is 12.3. The van der Waals surface area contributed by atoms with Crippen molar-refractivity contribution in [3.8, 4) is 0 Å². The Kier molecular flexibility index (Phi) is 8.25. The average Bonchev–Trinajstić information content (AvgIpc) is 2.60. The first-order chi connectivity index (χ1) is 11.5. The molecule has 3 atom stereocenters. The molecule has 2 fully saturated rings. The minimum Gasteiger partial charge on any atom is -0.379 e. The third-order valence-electron chi connectivity index (χ3n) is 6.40. The maximum absolute atomic E-state index is 6.62. The van der Waals surface area contributed by atoms with Crippen LogP contribution < -0.4 is 0 Å². The van der Waals surface area contributed by atoms with Gasteiger partial charge in [0.25, 0.3) is 0 Å². The van der Waals surface area contributed by atoms with Gasteiger partial charge in [-0.3, -0.25) is 0 Å². The van der Waals surface area contributed by atoms with Crippen LogP contribution in [0, 0.1) is 0 Å². The molecular formula is C20H40O2Si2. The fraction of sp³-hybridized carbons (Fsp3) is 0.900. The summed E-state index contributed by atoms with van der Waals surface area (Å²) in [5.74, 6) is 0. The summed E-state index contributed by atoms with van der Waals surface area (Å²) < 4.78 is 13.1. The standard InChI is InChI=1S/C20H40O2Si2/c1-5-6-7-12-17-24(4)20(14-9-11-16-22-20)18-19(23(2)3)13-8-10-15-21-19/h12,17,23-24H,5-11,13-16,18H2,1-4H3. The van der Waals surface area contributed by atoms with Crippen molar-refractivity contribution in [1.29, 1.82) is 0 Å². The van der Waals surface area contributed by atoms with Gasteiger partial charge in [0.2, 0.25) is 0 Å². The highest BCUT2D eigenvalue weighted by Crippen LogP contribution is 2.41. The lowest BCUT2D eigenvalue weighted by atomic mass is 9.97. The predicted octanol–water partition coefficient (Wildman–Crippen LogP) is 4.96. The molecule has 0 aromatic heterocycles. The zero-order valence-electron chi connectivity index (χ0n) is 16.6. The molecule has 2 heterocycles. The lowest BCUT2D eigenvalue weighted by Crippen LogP contribution is -2.58. The summed E-state index contributed by atoms with van der Waals surface area (Å²) in [5.41, 5.74) is 2.58. The number of hydrogen-bond donors (Lipinski definition) is 0. The average molecular weight is 369 g/mol. The quantitative estimate of drug-likeness (QED) is 0.445. The second-order valence-corrected chi connectivity index (χ2v) is 14.8. The summed E-state index contributed by atoms with van der Waals surface area (Å²) in [4.78, 5) is 0. The third kappa shape index (κ3) is 5.06. The first-order valence-electron chi connectivity index (χ1n) is 10.5. The van der Waals surface area contributed by atoms with Crippen molar-refractivity contribution in [3.05, 3.63) is 11.8 Å². The fourth-order valence-corrected chi connectivity index (χ4v) is 9.39. The Balaban J connectivity index is 2.15. The van der Waals surface area contributed by atoms with E-state index in [0.29, 0.717) is 0 Å². The molecule has 0 spiro atoms. The van der Waals surface area contributed by atoms with E-state index in [4.69, 9.17) is 9.47 Å². The largest absolute Gasteiger partial charge is 0.379 e. The van der Waals surface area contributed by atoms with Gasteiger partial charge in [0.05, 0.1) is 28.0 Å². The minimum absolute atomic E-state index is 0.148. The lowest BCUT2D eigenvalue weighted by Gasteiger charge is -2.50. The van der Waals surface area contributed by atoms with Crippen LogP contribution in [-0.2, 0) is 9.47 Å². The molecule has 3 unspecified atom stereocenters. The Labute approximate surface area is 153 Å². The maximum atomic E-state index is 6.62. The van der Waals surface area contributed by atoms with Gasteiger partial charge in [0.15, 0.2) is 0 Å². The molecule has 24 heavy (non-hydrogen) atoms. The highest BCUT2D eigenvalue weighted by atomic mass is 28.3. The smallest absolute Gasteiger partial charge is 0.0955 e. The molecule has 4 heteroatoms. The van der Waals surface area contributed by atoms with Crippen molar-refractivity contribution in [3.63, 3.8) is 0 Å². The first-order valence-corrected chi connectivity index (χ1v) is 15.8. The van der Waals surface area contributed by atoms with Gasteiger partial charge in [-0.1, -0.05) is 51.2 Å². The van der Waals surface area contributed by atoms with Crippen LogP contribution in [0.1, 0.15) is 71.1 Å². The van der Waals surface area contributed by atoms with Crippen molar-refractivity contribution >= 4 is 17.6 Å². The van der Waals surface area contributed by atoms with Gasteiger partial charge in [-0.2, -0.15) is 0 Å². The van der Waals surface area contributed by atoms with Gasteiger partial charge in [-0.05, 0) is 51.4 Å². The molecule has 140 valence electrons. The zero-order chi connectivity index (χ0) is 17.5. The van der Waals surface area contributed by atoms with Crippen LogP contribution in [0.3, 0.4) is 0 Å². The summed E-state index contributed by atoms with van der Waals surface area (Å²) in [6.07, 6.45) is 15.2. The maximum Gasteiger partial charge on any atom is 0.0955 e. The van der Waals surface area contributed by atoms with E-state index in [0.717, 1.165) is 13.2 Å². The monoisotopic (exact) mass is 368 g/mol. The molecule has 2 nitrogen and oxygen atoms in total. The van der Waals surface area contributed by atoms with Gasteiger partial charge in [-0.25, -0.2) is 0 Å². The Morgan fingerprint density at radius 1 is 0.917 bits per heavy atom. The lowest BCUT2D eigenvalue weighted by molar-refractivity contribution is -0.0968. The fourth-order valence-electron chi connectivity index (χ4n) is 4.51. The van der Waals surface area contributed by atoms with E-state index in [1.165, 1.54) is 64.2 Å². The zero-order valence-corrected chi connectivity index (χ0v) is 18.9. The molecule has 0 aliphatic carbocycles. The molecule has 0 bridgehead atoms. The van der Waals surface area contributed by atoms with Crippen molar-refractivity contribution in [2.24, 2.45) is 0 Å². The number of ether oxygens (including phenoxy) is 2. The van der Waals surface area contributed by atoms with Gasteiger partial charge < -0.3 is 9.47 Å². The Morgan fingerprint density at radius 3 is 2.04 bits per heavy atom. The van der Waals surface area contributed by atoms with E-state index >= 15 is 0 Å². The second-order valence-electron chi connectivity index (χ2n) is 8.43. The van der Waals surface area contributed by atoms with E-state index in [9.17, 15) is 0 Å².